The zero-order valence-electron chi connectivity index (χ0n) is 12.3. The first-order valence-corrected chi connectivity index (χ1v) is 7.59. The van der Waals surface area contributed by atoms with Crippen LogP contribution in [0.3, 0.4) is 0 Å². The summed E-state index contributed by atoms with van der Waals surface area (Å²) >= 11 is 0. The van der Waals surface area contributed by atoms with Gasteiger partial charge in [0.2, 0.25) is 0 Å². The molecule has 0 aliphatic heterocycles. The van der Waals surface area contributed by atoms with E-state index in [-0.39, 0.29) is 12.5 Å². The van der Waals surface area contributed by atoms with Gasteiger partial charge in [0, 0.05) is 12.2 Å². The summed E-state index contributed by atoms with van der Waals surface area (Å²) < 4.78 is 12.7. The van der Waals surface area contributed by atoms with E-state index in [1.165, 1.54) is 30.7 Å². The minimum absolute atomic E-state index is 0.0698. The van der Waals surface area contributed by atoms with Gasteiger partial charge in [-0.05, 0) is 43.0 Å². The molecule has 22 heavy (non-hydrogen) atoms. The molecule has 6 heteroatoms. The Balaban J connectivity index is 1.76. The van der Waals surface area contributed by atoms with E-state index in [1.54, 1.807) is 0 Å². The average molecular weight is 308 g/mol. The van der Waals surface area contributed by atoms with Crippen LogP contribution < -0.4 is 10.6 Å². The monoisotopic (exact) mass is 308 g/mol. The molecule has 0 radical (unpaired) electrons. The third-order valence-corrected chi connectivity index (χ3v) is 3.97. The smallest absolute Gasteiger partial charge is 0.313 e. The molecule has 2 rings (SSSR count). The molecule has 1 aliphatic rings. The van der Waals surface area contributed by atoms with E-state index in [1.807, 2.05) is 0 Å². The van der Waals surface area contributed by atoms with E-state index in [4.69, 9.17) is 0 Å². The van der Waals surface area contributed by atoms with Crippen molar-refractivity contribution < 1.29 is 19.1 Å². The second kappa shape index (κ2) is 7.89. The van der Waals surface area contributed by atoms with Crippen LogP contribution in [0.1, 0.15) is 32.1 Å². The molecule has 1 saturated carbocycles. The minimum Gasteiger partial charge on any atom is -0.391 e. The maximum atomic E-state index is 12.7. The van der Waals surface area contributed by atoms with E-state index < -0.39 is 23.7 Å². The van der Waals surface area contributed by atoms with E-state index >= 15 is 0 Å². The highest BCUT2D eigenvalue weighted by Gasteiger charge is 2.23. The SMILES string of the molecule is O=C(NCC(O)C1CCCCC1)C(=O)Nc1ccc(F)cc1. The number of aliphatic hydroxyl groups excluding tert-OH is 1. The Hall–Kier alpha value is -1.95. The van der Waals surface area contributed by atoms with Crippen molar-refractivity contribution >= 4 is 17.5 Å². The fourth-order valence-electron chi connectivity index (χ4n) is 2.68. The van der Waals surface area contributed by atoms with Gasteiger partial charge in [-0.1, -0.05) is 19.3 Å². The van der Waals surface area contributed by atoms with Crippen LogP contribution in [0.5, 0.6) is 0 Å². The molecule has 1 aliphatic carbocycles. The van der Waals surface area contributed by atoms with Crippen LogP contribution in [0, 0.1) is 11.7 Å². The molecule has 5 nitrogen and oxygen atoms in total. The van der Waals surface area contributed by atoms with Crippen molar-refractivity contribution in [3.05, 3.63) is 30.1 Å². The Morgan fingerprint density at radius 3 is 2.41 bits per heavy atom. The molecule has 0 saturated heterocycles. The van der Waals surface area contributed by atoms with Crippen LogP contribution in [-0.4, -0.2) is 29.6 Å². The van der Waals surface area contributed by atoms with Gasteiger partial charge < -0.3 is 15.7 Å². The van der Waals surface area contributed by atoms with Crippen LogP contribution in [0.4, 0.5) is 10.1 Å². The quantitative estimate of drug-likeness (QED) is 0.742. The lowest BCUT2D eigenvalue weighted by molar-refractivity contribution is -0.136. The molecule has 0 heterocycles. The lowest BCUT2D eigenvalue weighted by atomic mass is 9.85. The van der Waals surface area contributed by atoms with Gasteiger partial charge in [-0.15, -0.1) is 0 Å². The third kappa shape index (κ3) is 4.80. The standard InChI is InChI=1S/C16H21FN2O3/c17-12-6-8-13(9-7-12)19-16(22)15(21)18-10-14(20)11-4-2-1-3-5-11/h6-9,11,14,20H,1-5,10H2,(H,18,21)(H,19,22). The van der Waals surface area contributed by atoms with Crippen molar-refractivity contribution in [1.29, 1.82) is 0 Å². The number of hydrogen-bond acceptors (Lipinski definition) is 3. The fraction of sp³-hybridized carbons (Fsp3) is 0.500. The Kier molecular flexibility index (Phi) is 5.89. The van der Waals surface area contributed by atoms with Gasteiger partial charge in [0.25, 0.3) is 0 Å². The maximum absolute atomic E-state index is 12.7. The summed E-state index contributed by atoms with van der Waals surface area (Å²) in [5, 5.41) is 14.8. The Morgan fingerprint density at radius 2 is 1.77 bits per heavy atom. The summed E-state index contributed by atoms with van der Waals surface area (Å²) in [7, 11) is 0. The predicted molar refractivity (Wildman–Crippen MR) is 80.6 cm³/mol. The second-order valence-corrected chi connectivity index (χ2v) is 5.64. The lowest BCUT2D eigenvalue weighted by Crippen LogP contribution is -2.42. The molecule has 1 aromatic carbocycles. The Labute approximate surface area is 128 Å². The summed E-state index contributed by atoms with van der Waals surface area (Å²) in [4.78, 5) is 23.4. The van der Waals surface area contributed by atoms with Crippen molar-refractivity contribution in [2.45, 2.75) is 38.2 Å². The first kappa shape index (κ1) is 16.4. The highest BCUT2D eigenvalue weighted by atomic mass is 19.1. The van der Waals surface area contributed by atoms with Crippen LogP contribution in [0.15, 0.2) is 24.3 Å². The van der Waals surface area contributed by atoms with Crippen molar-refractivity contribution in [3.63, 3.8) is 0 Å². The normalized spacial score (nSPS) is 16.8. The molecule has 2 amide bonds. The predicted octanol–water partition coefficient (Wildman–Crippen LogP) is 1.82. The number of benzene rings is 1. The van der Waals surface area contributed by atoms with Crippen molar-refractivity contribution in [2.75, 3.05) is 11.9 Å². The van der Waals surface area contributed by atoms with Crippen molar-refractivity contribution in [3.8, 4) is 0 Å². The summed E-state index contributed by atoms with van der Waals surface area (Å²) in [6, 6.07) is 5.13. The molecular weight excluding hydrogens is 287 g/mol. The van der Waals surface area contributed by atoms with Crippen molar-refractivity contribution in [1.82, 2.24) is 5.32 Å². The van der Waals surface area contributed by atoms with Gasteiger partial charge in [0.1, 0.15) is 5.82 Å². The number of halogens is 1. The minimum atomic E-state index is -0.831. The second-order valence-electron chi connectivity index (χ2n) is 5.64. The molecule has 1 aromatic rings. The Morgan fingerprint density at radius 1 is 1.14 bits per heavy atom. The first-order chi connectivity index (χ1) is 10.6. The third-order valence-electron chi connectivity index (χ3n) is 3.97. The van der Waals surface area contributed by atoms with Gasteiger partial charge in [0.15, 0.2) is 0 Å². The number of carbonyl (C=O) groups excluding carboxylic acids is 2. The van der Waals surface area contributed by atoms with Gasteiger partial charge in [-0.3, -0.25) is 9.59 Å². The van der Waals surface area contributed by atoms with E-state index in [9.17, 15) is 19.1 Å². The highest BCUT2D eigenvalue weighted by molar-refractivity contribution is 6.39. The van der Waals surface area contributed by atoms with Crippen LogP contribution in [0.25, 0.3) is 0 Å². The van der Waals surface area contributed by atoms with Crippen molar-refractivity contribution in [2.24, 2.45) is 5.92 Å². The Bertz CT molecular complexity index is 513. The van der Waals surface area contributed by atoms with Crippen LogP contribution in [0.2, 0.25) is 0 Å². The first-order valence-electron chi connectivity index (χ1n) is 7.59. The van der Waals surface area contributed by atoms with Gasteiger partial charge >= 0.3 is 11.8 Å². The molecule has 1 unspecified atom stereocenters. The molecule has 1 atom stereocenters. The molecule has 0 bridgehead atoms. The molecule has 0 aromatic heterocycles. The van der Waals surface area contributed by atoms with E-state index in [0.29, 0.717) is 5.69 Å². The summed E-state index contributed by atoms with van der Waals surface area (Å²) in [5.74, 6) is -1.87. The average Bonchev–Trinajstić information content (AvgIpc) is 2.55. The van der Waals surface area contributed by atoms with Gasteiger partial charge in [-0.2, -0.15) is 0 Å². The molecule has 120 valence electrons. The zero-order chi connectivity index (χ0) is 15.9. The summed E-state index contributed by atoms with van der Waals surface area (Å²) in [6.07, 6.45) is 4.68. The molecule has 3 N–H and O–H groups in total. The van der Waals surface area contributed by atoms with Gasteiger partial charge in [-0.25, -0.2) is 4.39 Å². The highest BCUT2D eigenvalue weighted by Crippen LogP contribution is 2.26. The largest absolute Gasteiger partial charge is 0.391 e. The van der Waals surface area contributed by atoms with Crippen LogP contribution in [-0.2, 0) is 9.59 Å². The van der Waals surface area contributed by atoms with E-state index in [2.05, 4.69) is 10.6 Å². The zero-order valence-corrected chi connectivity index (χ0v) is 12.3. The number of aliphatic hydroxyl groups is 1. The summed E-state index contributed by atoms with van der Waals surface area (Å²) in [5.41, 5.74) is 0.342. The number of anilines is 1. The number of amides is 2. The number of nitrogens with one attached hydrogen (secondary N) is 2. The molecular formula is C16H21FN2O3. The number of carbonyl (C=O) groups is 2. The number of hydrogen-bond donors (Lipinski definition) is 3. The van der Waals surface area contributed by atoms with Gasteiger partial charge in [0.05, 0.1) is 6.10 Å². The number of rotatable bonds is 4. The molecule has 0 spiro atoms. The van der Waals surface area contributed by atoms with E-state index in [0.717, 1.165) is 25.7 Å². The topological polar surface area (TPSA) is 78.4 Å². The fourth-order valence-corrected chi connectivity index (χ4v) is 2.68. The van der Waals surface area contributed by atoms with Crippen LogP contribution >= 0.6 is 0 Å². The lowest BCUT2D eigenvalue weighted by Gasteiger charge is -2.26. The molecule has 1 fully saturated rings. The summed E-state index contributed by atoms with van der Waals surface area (Å²) in [6.45, 7) is 0.0698. The maximum Gasteiger partial charge on any atom is 0.313 e.